The maximum atomic E-state index is 5.70. The smallest absolute Gasteiger partial charge is 0.0813 e. The third kappa shape index (κ3) is 2.06. The molecule has 0 spiro atoms. The fraction of sp³-hybridized carbons (Fsp3) is 0.556. The van der Waals surface area contributed by atoms with Gasteiger partial charge in [0.1, 0.15) is 0 Å². The van der Waals surface area contributed by atoms with Crippen LogP contribution >= 0.6 is 11.3 Å². The molecule has 0 aromatic carbocycles. The van der Waals surface area contributed by atoms with Crippen molar-refractivity contribution >= 4 is 11.3 Å². The average Bonchev–Trinajstić information content (AvgIpc) is 2.74. The van der Waals surface area contributed by atoms with Gasteiger partial charge in [-0.1, -0.05) is 6.07 Å². The molecule has 1 atom stereocenters. The summed E-state index contributed by atoms with van der Waals surface area (Å²) in [6.07, 6.45) is 1.60. The molecular formula is C9H13NOS. The van der Waals surface area contributed by atoms with Crippen molar-refractivity contribution in [2.45, 2.75) is 19.1 Å². The number of hydrogen-bond acceptors (Lipinski definition) is 3. The van der Waals surface area contributed by atoms with Crippen LogP contribution in [0, 0.1) is 0 Å². The van der Waals surface area contributed by atoms with Gasteiger partial charge in [-0.2, -0.15) is 0 Å². The third-order valence-electron chi connectivity index (χ3n) is 2.06. The highest BCUT2D eigenvalue weighted by Gasteiger charge is 2.14. The Balaban J connectivity index is 1.74. The van der Waals surface area contributed by atoms with Gasteiger partial charge in [-0.05, 0) is 24.4 Å². The minimum atomic E-state index is 0.437. The van der Waals surface area contributed by atoms with E-state index in [2.05, 4.69) is 22.8 Å². The van der Waals surface area contributed by atoms with E-state index >= 15 is 0 Å². The van der Waals surface area contributed by atoms with Crippen molar-refractivity contribution < 1.29 is 4.74 Å². The van der Waals surface area contributed by atoms with E-state index in [9.17, 15) is 0 Å². The second-order valence-corrected chi connectivity index (χ2v) is 4.04. The first-order valence-electron chi connectivity index (χ1n) is 4.30. The van der Waals surface area contributed by atoms with Gasteiger partial charge >= 0.3 is 0 Å². The molecule has 1 N–H and O–H groups in total. The van der Waals surface area contributed by atoms with E-state index < -0.39 is 0 Å². The Kier molecular flexibility index (Phi) is 2.76. The zero-order valence-corrected chi connectivity index (χ0v) is 7.77. The highest BCUT2D eigenvalue weighted by Crippen LogP contribution is 2.12. The van der Waals surface area contributed by atoms with Gasteiger partial charge in [0.15, 0.2) is 0 Å². The lowest BCUT2D eigenvalue weighted by molar-refractivity contribution is 0.0559. The molecule has 12 heavy (non-hydrogen) atoms. The van der Waals surface area contributed by atoms with Gasteiger partial charge in [0.2, 0.25) is 0 Å². The Morgan fingerprint density at radius 3 is 3.33 bits per heavy atom. The minimum absolute atomic E-state index is 0.437. The maximum Gasteiger partial charge on any atom is 0.0813 e. The molecule has 66 valence electrons. The molecule has 1 aromatic rings. The van der Waals surface area contributed by atoms with Crippen molar-refractivity contribution in [2.24, 2.45) is 0 Å². The summed E-state index contributed by atoms with van der Waals surface area (Å²) in [6, 6.07) is 4.18. The number of ether oxygens (including phenoxy) is 1. The van der Waals surface area contributed by atoms with Crippen molar-refractivity contribution in [1.29, 1.82) is 0 Å². The molecule has 0 saturated carbocycles. The van der Waals surface area contributed by atoms with E-state index in [-0.39, 0.29) is 0 Å². The normalized spacial score (nSPS) is 23.2. The first-order valence-corrected chi connectivity index (χ1v) is 5.18. The molecule has 2 rings (SSSR count). The summed E-state index contributed by atoms with van der Waals surface area (Å²) >= 11 is 1.76. The Bertz CT molecular complexity index is 216. The van der Waals surface area contributed by atoms with Crippen LogP contribution in [0.3, 0.4) is 0 Å². The molecule has 3 heteroatoms. The molecule has 2 heterocycles. The number of hydrogen-bond donors (Lipinski definition) is 1. The van der Waals surface area contributed by atoms with Crippen LogP contribution in [-0.4, -0.2) is 19.2 Å². The topological polar surface area (TPSA) is 21.3 Å². The molecule has 0 aliphatic carbocycles. The monoisotopic (exact) mass is 183 g/mol. The van der Waals surface area contributed by atoms with Crippen LogP contribution in [0.2, 0.25) is 0 Å². The summed E-state index contributed by atoms with van der Waals surface area (Å²) in [5.41, 5.74) is 0. The van der Waals surface area contributed by atoms with E-state index in [1.807, 2.05) is 0 Å². The molecule has 1 aromatic heterocycles. The molecule has 0 unspecified atom stereocenters. The summed E-state index contributed by atoms with van der Waals surface area (Å²) in [5.74, 6) is 0. The second-order valence-electron chi connectivity index (χ2n) is 3.01. The van der Waals surface area contributed by atoms with Crippen molar-refractivity contribution in [3.05, 3.63) is 22.4 Å². The molecule has 0 amide bonds. The van der Waals surface area contributed by atoms with Gasteiger partial charge in [0, 0.05) is 11.4 Å². The van der Waals surface area contributed by atoms with Crippen LogP contribution in [-0.2, 0) is 11.3 Å². The first-order chi connectivity index (χ1) is 5.95. The lowest BCUT2D eigenvalue weighted by Crippen LogP contribution is -2.16. The minimum Gasteiger partial charge on any atom is -0.371 e. The van der Waals surface area contributed by atoms with Crippen LogP contribution in [0.1, 0.15) is 11.3 Å². The predicted molar refractivity (Wildman–Crippen MR) is 50.4 cm³/mol. The zero-order valence-electron chi connectivity index (χ0n) is 6.95. The zero-order chi connectivity index (χ0) is 8.23. The summed E-state index contributed by atoms with van der Waals surface area (Å²) in [6.45, 7) is 2.91. The summed E-state index contributed by atoms with van der Waals surface area (Å²) in [4.78, 5) is 1.32. The molecule has 1 saturated heterocycles. The molecular weight excluding hydrogens is 170 g/mol. The largest absolute Gasteiger partial charge is 0.371 e. The van der Waals surface area contributed by atoms with Gasteiger partial charge in [-0.25, -0.2) is 0 Å². The molecule has 1 fully saturated rings. The van der Waals surface area contributed by atoms with Crippen LogP contribution in [0.15, 0.2) is 17.5 Å². The van der Waals surface area contributed by atoms with Crippen molar-refractivity contribution in [1.82, 2.24) is 5.32 Å². The van der Waals surface area contributed by atoms with E-state index in [1.165, 1.54) is 4.88 Å². The lowest BCUT2D eigenvalue weighted by atomic mass is 10.3. The molecule has 2 nitrogen and oxygen atoms in total. The Morgan fingerprint density at radius 1 is 1.67 bits per heavy atom. The highest BCUT2D eigenvalue weighted by atomic mass is 32.1. The summed E-state index contributed by atoms with van der Waals surface area (Å²) in [7, 11) is 0. The Hall–Kier alpha value is -0.380. The first kappa shape index (κ1) is 8.23. The fourth-order valence-corrected chi connectivity index (χ4v) is 1.99. The third-order valence-corrected chi connectivity index (χ3v) is 2.91. The number of nitrogens with one attached hydrogen (secondary N) is 1. The second kappa shape index (κ2) is 4.03. The van der Waals surface area contributed by atoms with E-state index in [1.54, 1.807) is 11.3 Å². The van der Waals surface area contributed by atoms with Gasteiger partial charge < -0.3 is 10.1 Å². The Morgan fingerprint density at radius 2 is 2.67 bits per heavy atom. The SMILES string of the molecule is c1csc(CO[C@H]2CCNC2)c1. The fourth-order valence-electron chi connectivity index (χ4n) is 1.37. The van der Waals surface area contributed by atoms with Gasteiger partial charge in [0.05, 0.1) is 12.7 Å². The quantitative estimate of drug-likeness (QED) is 0.769. The van der Waals surface area contributed by atoms with E-state index in [4.69, 9.17) is 4.74 Å². The number of thiophene rings is 1. The average molecular weight is 183 g/mol. The van der Waals surface area contributed by atoms with Gasteiger partial charge in [0.25, 0.3) is 0 Å². The van der Waals surface area contributed by atoms with Gasteiger partial charge in [-0.3, -0.25) is 0 Å². The van der Waals surface area contributed by atoms with Crippen molar-refractivity contribution in [3.63, 3.8) is 0 Å². The van der Waals surface area contributed by atoms with E-state index in [0.717, 1.165) is 26.1 Å². The van der Waals surface area contributed by atoms with Crippen molar-refractivity contribution in [3.8, 4) is 0 Å². The highest BCUT2D eigenvalue weighted by molar-refractivity contribution is 7.09. The standard InChI is InChI=1S/C9H13NOS/c1-2-9(12-5-1)7-11-8-3-4-10-6-8/h1-2,5,8,10H,3-4,6-7H2/t8-/m0/s1. The van der Waals surface area contributed by atoms with Crippen molar-refractivity contribution in [2.75, 3.05) is 13.1 Å². The predicted octanol–water partition coefficient (Wildman–Crippen LogP) is 1.63. The molecule has 0 radical (unpaired) electrons. The van der Waals surface area contributed by atoms with Crippen LogP contribution in [0.25, 0.3) is 0 Å². The maximum absolute atomic E-state index is 5.70. The van der Waals surface area contributed by atoms with Crippen LogP contribution < -0.4 is 5.32 Å². The molecule has 1 aliphatic heterocycles. The molecule has 0 bridgehead atoms. The molecule has 1 aliphatic rings. The summed E-state index contributed by atoms with van der Waals surface area (Å²) < 4.78 is 5.70. The van der Waals surface area contributed by atoms with Crippen LogP contribution in [0.4, 0.5) is 0 Å². The Labute approximate surface area is 76.6 Å². The van der Waals surface area contributed by atoms with E-state index in [0.29, 0.717) is 6.10 Å². The van der Waals surface area contributed by atoms with Gasteiger partial charge in [-0.15, -0.1) is 11.3 Å². The summed E-state index contributed by atoms with van der Waals surface area (Å²) in [5, 5.41) is 5.37. The lowest BCUT2D eigenvalue weighted by Gasteiger charge is -2.08. The number of rotatable bonds is 3. The van der Waals surface area contributed by atoms with Crippen LogP contribution in [0.5, 0.6) is 0 Å².